The lowest BCUT2D eigenvalue weighted by Gasteiger charge is -2.40. The number of carbonyl (C=O) groups excluding carboxylic acids is 2. The largest absolute Gasteiger partial charge is 0.353 e. The minimum absolute atomic E-state index is 0.0667. The quantitative estimate of drug-likeness (QED) is 0.705. The number of piperazine rings is 1. The molecule has 2 aliphatic rings. The first-order valence-electron chi connectivity index (χ1n) is 12.2. The smallest absolute Gasteiger partial charge is 0.253 e. The van der Waals surface area contributed by atoms with Crippen LogP contribution in [0.25, 0.3) is 0 Å². The highest BCUT2D eigenvalue weighted by atomic mass is 16.2. The Hall–Kier alpha value is -1.92. The first kappa shape index (κ1) is 24.7. The van der Waals surface area contributed by atoms with E-state index < -0.39 is 0 Å². The third-order valence-corrected chi connectivity index (χ3v) is 6.97. The van der Waals surface area contributed by atoms with Gasteiger partial charge in [0.25, 0.3) is 5.91 Å². The van der Waals surface area contributed by atoms with E-state index >= 15 is 0 Å². The zero-order chi connectivity index (χ0) is 23.3. The maximum atomic E-state index is 13.1. The number of nitrogens with zero attached hydrogens (tertiary/aromatic N) is 3. The monoisotopic (exact) mass is 442 g/mol. The van der Waals surface area contributed by atoms with Crippen molar-refractivity contribution >= 4 is 11.8 Å². The summed E-state index contributed by atoms with van der Waals surface area (Å²) in [4.78, 5) is 32.5. The highest BCUT2D eigenvalue weighted by Gasteiger charge is 2.37. The van der Waals surface area contributed by atoms with E-state index in [-0.39, 0.29) is 23.3 Å². The zero-order valence-electron chi connectivity index (χ0n) is 20.7. The van der Waals surface area contributed by atoms with E-state index in [2.05, 4.69) is 48.0 Å². The fraction of sp³-hybridized carbons (Fsp3) is 0.692. The second-order valence-corrected chi connectivity index (χ2v) is 10.7. The molecule has 6 nitrogen and oxygen atoms in total. The molecule has 1 aliphatic heterocycles. The van der Waals surface area contributed by atoms with Gasteiger partial charge in [-0.05, 0) is 56.0 Å². The average molecular weight is 443 g/mol. The average Bonchev–Trinajstić information content (AvgIpc) is 3.27. The molecule has 1 aliphatic carbocycles. The van der Waals surface area contributed by atoms with Gasteiger partial charge in [-0.3, -0.25) is 14.5 Å². The molecule has 1 unspecified atom stereocenters. The normalized spacial score (nSPS) is 19.4. The summed E-state index contributed by atoms with van der Waals surface area (Å²) in [5.74, 6) is 0.691. The van der Waals surface area contributed by atoms with Crippen molar-refractivity contribution in [1.82, 2.24) is 20.0 Å². The summed E-state index contributed by atoms with van der Waals surface area (Å²) in [6.45, 7) is 10.9. The van der Waals surface area contributed by atoms with Crippen molar-refractivity contribution in [3.8, 4) is 0 Å². The van der Waals surface area contributed by atoms with Gasteiger partial charge >= 0.3 is 0 Å². The van der Waals surface area contributed by atoms with Crippen LogP contribution in [0.4, 0.5) is 0 Å². The van der Waals surface area contributed by atoms with Gasteiger partial charge in [0.2, 0.25) is 5.91 Å². The Morgan fingerprint density at radius 3 is 2.16 bits per heavy atom. The van der Waals surface area contributed by atoms with Gasteiger partial charge in [-0.1, -0.05) is 45.7 Å². The zero-order valence-corrected chi connectivity index (χ0v) is 20.7. The molecule has 2 fully saturated rings. The summed E-state index contributed by atoms with van der Waals surface area (Å²) in [7, 11) is 4.04. The number of benzene rings is 1. The molecule has 3 rings (SSSR count). The van der Waals surface area contributed by atoms with Crippen LogP contribution in [0, 0.1) is 5.92 Å². The molecule has 1 aromatic carbocycles. The van der Waals surface area contributed by atoms with E-state index in [4.69, 9.17) is 0 Å². The fourth-order valence-electron chi connectivity index (χ4n) is 4.96. The molecule has 2 amide bonds. The Bertz CT molecular complexity index is 755. The van der Waals surface area contributed by atoms with Crippen molar-refractivity contribution in [3.05, 3.63) is 35.4 Å². The van der Waals surface area contributed by atoms with Crippen LogP contribution in [-0.4, -0.2) is 85.9 Å². The number of hydrogen-bond acceptors (Lipinski definition) is 4. The molecular formula is C26H42N4O2. The Morgan fingerprint density at radius 1 is 1.03 bits per heavy atom. The van der Waals surface area contributed by atoms with Crippen molar-refractivity contribution in [1.29, 1.82) is 0 Å². The van der Waals surface area contributed by atoms with Gasteiger partial charge in [0.1, 0.15) is 0 Å². The van der Waals surface area contributed by atoms with Gasteiger partial charge in [0.15, 0.2) is 0 Å². The maximum absolute atomic E-state index is 13.1. The molecule has 0 spiro atoms. The predicted molar refractivity (Wildman–Crippen MR) is 130 cm³/mol. The van der Waals surface area contributed by atoms with Crippen LogP contribution < -0.4 is 5.32 Å². The number of nitrogens with one attached hydrogen (secondary N) is 1. The third-order valence-electron chi connectivity index (χ3n) is 6.97. The van der Waals surface area contributed by atoms with Crippen LogP contribution in [0.1, 0.15) is 62.4 Å². The number of hydrogen-bond donors (Lipinski definition) is 1. The Kier molecular flexibility index (Phi) is 8.34. The molecule has 0 aromatic heterocycles. The maximum Gasteiger partial charge on any atom is 0.253 e. The van der Waals surface area contributed by atoms with Crippen LogP contribution >= 0.6 is 0 Å². The van der Waals surface area contributed by atoms with Crippen molar-refractivity contribution in [3.63, 3.8) is 0 Å². The van der Waals surface area contributed by atoms with Gasteiger partial charge in [0, 0.05) is 44.8 Å². The minimum atomic E-state index is -0.0667. The highest BCUT2D eigenvalue weighted by Crippen LogP contribution is 2.31. The molecule has 32 heavy (non-hydrogen) atoms. The van der Waals surface area contributed by atoms with E-state index in [0.29, 0.717) is 25.6 Å². The summed E-state index contributed by atoms with van der Waals surface area (Å²) in [5, 5.41) is 3.16. The van der Waals surface area contributed by atoms with E-state index in [9.17, 15) is 9.59 Å². The first-order valence-corrected chi connectivity index (χ1v) is 12.2. The summed E-state index contributed by atoms with van der Waals surface area (Å²) in [6, 6.07) is 7.97. The van der Waals surface area contributed by atoms with E-state index in [1.54, 1.807) is 0 Å². The lowest BCUT2D eigenvalue weighted by molar-refractivity contribution is -0.129. The molecule has 1 heterocycles. The van der Waals surface area contributed by atoms with Gasteiger partial charge in [-0.15, -0.1) is 0 Å². The Balaban J connectivity index is 1.60. The number of carbonyl (C=O) groups is 2. The lowest BCUT2D eigenvalue weighted by Crippen LogP contribution is -2.58. The molecule has 1 atom stereocenters. The molecule has 1 N–H and O–H groups in total. The van der Waals surface area contributed by atoms with Crippen molar-refractivity contribution in [2.45, 2.75) is 57.9 Å². The van der Waals surface area contributed by atoms with Crippen LogP contribution in [0.5, 0.6) is 0 Å². The molecule has 1 saturated heterocycles. The topological polar surface area (TPSA) is 55.9 Å². The number of likely N-dealkylation sites (N-methyl/N-ethyl adjacent to an activating group) is 1. The first-order chi connectivity index (χ1) is 15.2. The summed E-state index contributed by atoms with van der Waals surface area (Å²) in [5.41, 5.74) is 2.06. The lowest BCUT2D eigenvalue weighted by atomic mass is 9.86. The number of amides is 2. The number of rotatable bonds is 7. The van der Waals surface area contributed by atoms with Crippen LogP contribution in [0.3, 0.4) is 0 Å². The molecule has 1 aromatic rings. The minimum Gasteiger partial charge on any atom is -0.353 e. The van der Waals surface area contributed by atoms with Gasteiger partial charge < -0.3 is 15.1 Å². The SMILES string of the molecule is CN(C)CCNC(=O)C(C1CCCC1)N1CCN(C(=O)c2ccc(C(C)(C)C)cc2)CC1. The fourth-order valence-corrected chi connectivity index (χ4v) is 4.96. The van der Waals surface area contributed by atoms with Gasteiger partial charge in [0.05, 0.1) is 6.04 Å². The third kappa shape index (κ3) is 6.32. The van der Waals surface area contributed by atoms with E-state index in [1.807, 2.05) is 31.1 Å². The van der Waals surface area contributed by atoms with Crippen molar-refractivity contribution < 1.29 is 9.59 Å². The van der Waals surface area contributed by atoms with Crippen molar-refractivity contribution in [2.24, 2.45) is 5.92 Å². The van der Waals surface area contributed by atoms with Crippen LogP contribution in [0.2, 0.25) is 0 Å². The van der Waals surface area contributed by atoms with Crippen LogP contribution in [-0.2, 0) is 10.2 Å². The summed E-state index contributed by atoms with van der Waals surface area (Å²) < 4.78 is 0. The molecule has 178 valence electrons. The Morgan fingerprint density at radius 2 is 1.62 bits per heavy atom. The molecule has 6 heteroatoms. The molecule has 0 bridgehead atoms. The highest BCUT2D eigenvalue weighted by molar-refractivity contribution is 5.94. The second kappa shape index (κ2) is 10.8. The van der Waals surface area contributed by atoms with Gasteiger partial charge in [-0.25, -0.2) is 0 Å². The van der Waals surface area contributed by atoms with Gasteiger partial charge in [-0.2, -0.15) is 0 Å². The van der Waals surface area contributed by atoms with E-state index in [1.165, 1.54) is 18.4 Å². The molecule has 1 saturated carbocycles. The summed E-state index contributed by atoms with van der Waals surface area (Å²) >= 11 is 0. The van der Waals surface area contributed by atoms with Crippen LogP contribution in [0.15, 0.2) is 24.3 Å². The second-order valence-electron chi connectivity index (χ2n) is 10.7. The van der Waals surface area contributed by atoms with E-state index in [0.717, 1.165) is 38.0 Å². The molecule has 0 radical (unpaired) electrons. The summed E-state index contributed by atoms with van der Waals surface area (Å²) in [6.07, 6.45) is 4.69. The Labute approximate surface area is 194 Å². The standard InChI is InChI=1S/C26H42N4O2/c1-26(2,3)22-12-10-21(11-13-22)25(32)30-18-16-29(17-19-30)23(20-8-6-7-9-20)24(31)27-14-15-28(4)5/h10-13,20,23H,6-9,14-19H2,1-5H3,(H,27,31). The predicted octanol–water partition coefficient (Wildman–Crippen LogP) is 2.98. The molecular weight excluding hydrogens is 400 g/mol. The van der Waals surface area contributed by atoms with Crippen molar-refractivity contribution in [2.75, 3.05) is 53.4 Å².